The number of likely N-dealkylation sites (tertiary alicyclic amines) is 1. The zero-order chi connectivity index (χ0) is 23.3. The largest absolute Gasteiger partial charge is 0.350 e. The molecule has 2 aromatic rings. The zero-order valence-corrected chi connectivity index (χ0v) is 19.9. The van der Waals surface area contributed by atoms with Crippen LogP contribution in [0.3, 0.4) is 0 Å². The Hall–Kier alpha value is -2.74. The molecule has 0 saturated carbocycles. The van der Waals surface area contributed by atoms with Crippen LogP contribution >= 0.6 is 0 Å². The van der Waals surface area contributed by atoms with E-state index in [1.165, 1.54) is 12.0 Å². The van der Waals surface area contributed by atoms with E-state index in [2.05, 4.69) is 55.8 Å². The Morgan fingerprint density at radius 2 is 1.88 bits per heavy atom. The van der Waals surface area contributed by atoms with Gasteiger partial charge in [0.15, 0.2) is 0 Å². The van der Waals surface area contributed by atoms with Gasteiger partial charge >= 0.3 is 0 Å². The highest BCUT2D eigenvalue weighted by molar-refractivity contribution is 5.77. The summed E-state index contributed by atoms with van der Waals surface area (Å²) in [6.45, 7) is 5.09. The van der Waals surface area contributed by atoms with Crippen molar-refractivity contribution in [1.82, 2.24) is 30.1 Å². The fourth-order valence-corrected chi connectivity index (χ4v) is 6.11. The molecule has 1 aromatic heterocycles. The Labute approximate surface area is 201 Å². The van der Waals surface area contributed by atoms with Crippen molar-refractivity contribution < 1.29 is 9.59 Å². The lowest BCUT2D eigenvalue weighted by atomic mass is 9.77. The van der Waals surface area contributed by atoms with E-state index in [-0.39, 0.29) is 17.9 Å². The number of hydrogen-bond acceptors (Lipinski definition) is 5. The summed E-state index contributed by atoms with van der Waals surface area (Å²) in [4.78, 5) is 30.6. The SMILES string of the molecule is O=C1CCCC2[C@H]3CC(CN(Cc4ccccc4)C3)CN2C(=O)CCCCn2nncc2CN1. The number of rotatable bonds is 2. The number of nitrogens with zero attached hydrogens (tertiary/aromatic N) is 5. The van der Waals surface area contributed by atoms with Crippen molar-refractivity contribution in [2.45, 2.75) is 70.6 Å². The highest BCUT2D eigenvalue weighted by Crippen LogP contribution is 2.36. The van der Waals surface area contributed by atoms with Crippen LogP contribution < -0.4 is 5.32 Å². The Morgan fingerprint density at radius 1 is 1.00 bits per heavy atom. The number of piperidine rings is 2. The van der Waals surface area contributed by atoms with Gasteiger partial charge in [-0.3, -0.25) is 14.5 Å². The molecule has 0 aliphatic carbocycles. The summed E-state index contributed by atoms with van der Waals surface area (Å²) in [7, 11) is 0. The Morgan fingerprint density at radius 3 is 2.76 bits per heavy atom. The van der Waals surface area contributed by atoms with Crippen molar-refractivity contribution in [3.63, 3.8) is 0 Å². The first-order valence-electron chi connectivity index (χ1n) is 12.9. The van der Waals surface area contributed by atoms with Gasteiger partial charge in [-0.15, -0.1) is 5.10 Å². The van der Waals surface area contributed by atoms with Crippen molar-refractivity contribution >= 4 is 11.8 Å². The van der Waals surface area contributed by atoms with Crippen molar-refractivity contribution in [1.29, 1.82) is 0 Å². The molecule has 2 amide bonds. The molecule has 34 heavy (non-hydrogen) atoms. The number of nitrogens with one attached hydrogen (secondary N) is 1. The van der Waals surface area contributed by atoms with Crippen LogP contribution in [-0.2, 0) is 29.2 Å². The maximum atomic E-state index is 13.3. The van der Waals surface area contributed by atoms with E-state index < -0.39 is 0 Å². The predicted octanol–water partition coefficient (Wildman–Crippen LogP) is 2.60. The van der Waals surface area contributed by atoms with Gasteiger partial charge in [-0.2, -0.15) is 0 Å². The average molecular weight is 465 g/mol. The molecule has 8 heteroatoms. The number of carbonyl (C=O) groups excluding carboxylic acids is 2. The molecular weight excluding hydrogens is 428 g/mol. The highest BCUT2D eigenvalue weighted by Gasteiger charge is 2.42. The number of amides is 2. The minimum atomic E-state index is 0.0588. The van der Waals surface area contributed by atoms with E-state index in [0.29, 0.717) is 31.2 Å². The molecule has 0 spiro atoms. The fourth-order valence-electron chi connectivity index (χ4n) is 6.11. The first-order chi connectivity index (χ1) is 16.7. The lowest BCUT2D eigenvalue weighted by Crippen LogP contribution is -2.59. The van der Waals surface area contributed by atoms with Crippen molar-refractivity contribution in [3.05, 3.63) is 47.8 Å². The molecule has 2 unspecified atom stereocenters. The molecular formula is C26H36N6O2. The van der Waals surface area contributed by atoms with E-state index in [9.17, 15) is 9.59 Å². The Kier molecular flexibility index (Phi) is 7.23. The second-order valence-corrected chi connectivity index (χ2v) is 10.2. The van der Waals surface area contributed by atoms with Crippen LogP contribution in [0.1, 0.15) is 56.2 Å². The average Bonchev–Trinajstić information content (AvgIpc) is 3.29. The number of aromatic nitrogens is 3. The molecule has 4 heterocycles. The van der Waals surface area contributed by atoms with Gasteiger partial charge in [-0.05, 0) is 49.5 Å². The predicted molar refractivity (Wildman–Crippen MR) is 128 cm³/mol. The Bertz CT molecular complexity index is 977. The maximum absolute atomic E-state index is 13.3. The summed E-state index contributed by atoms with van der Waals surface area (Å²) in [5.41, 5.74) is 2.27. The van der Waals surface area contributed by atoms with Gasteiger partial charge < -0.3 is 10.2 Å². The summed E-state index contributed by atoms with van der Waals surface area (Å²) in [6.07, 6.45) is 7.42. The highest BCUT2D eigenvalue weighted by atomic mass is 16.2. The zero-order valence-electron chi connectivity index (χ0n) is 19.9. The summed E-state index contributed by atoms with van der Waals surface area (Å²) in [6, 6.07) is 10.9. The van der Waals surface area contributed by atoms with Crippen LogP contribution in [0.4, 0.5) is 0 Å². The fraction of sp³-hybridized carbons (Fsp3) is 0.615. The van der Waals surface area contributed by atoms with Crippen LogP contribution in [0.15, 0.2) is 36.5 Å². The van der Waals surface area contributed by atoms with Crippen molar-refractivity contribution in [2.24, 2.45) is 11.8 Å². The molecule has 182 valence electrons. The third-order valence-corrected chi connectivity index (χ3v) is 7.69. The maximum Gasteiger partial charge on any atom is 0.222 e. The van der Waals surface area contributed by atoms with E-state index in [4.69, 9.17) is 0 Å². The number of aryl methyl sites for hydroxylation is 1. The van der Waals surface area contributed by atoms with Crippen LogP contribution in [-0.4, -0.2) is 62.3 Å². The van der Waals surface area contributed by atoms with Gasteiger partial charge in [0, 0.05) is 51.6 Å². The molecule has 2 fully saturated rings. The first-order valence-corrected chi connectivity index (χ1v) is 12.9. The molecule has 1 aromatic carbocycles. The molecule has 3 aliphatic heterocycles. The van der Waals surface area contributed by atoms with Gasteiger partial charge in [0.2, 0.25) is 11.8 Å². The van der Waals surface area contributed by atoms with Crippen LogP contribution in [0, 0.1) is 11.8 Å². The molecule has 2 saturated heterocycles. The second kappa shape index (κ2) is 10.7. The third-order valence-electron chi connectivity index (χ3n) is 7.69. The Balaban J connectivity index is 1.27. The molecule has 8 nitrogen and oxygen atoms in total. The van der Waals surface area contributed by atoms with Crippen LogP contribution in [0.2, 0.25) is 0 Å². The van der Waals surface area contributed by atoms with E-state index in [1.807, 2.05) is 4.68 Å². The van der Waals surface area contributed by atoms with Gasteiger partial charge in [0.1, 0.15) is 0 Å². The number of fused-ring (bicyclic) bond motifs is 5. The van der Waals surface area contributed by atoms with E-state index in [1.54, 1.807) is 6.20 Å². The normalized spacial score (nSPS) is 27.2. The molecule has 2 bridgehead atoms. The lowest BCUT2D eigenvalue weighted by Gasteiger charge is -2.51. The van der Waals surface area contributed by atoms with Gasteiger partial charge in [0.05, 0.1) is 18.4 Å². The number of carbonyl (C=O) groups is 2. The van der Waals surface area contributed by atoms with Gasteiger partial charge in [-0.1, -0.05) is 35.5 Å². The quantitative estimate of drug-likeness (QED) is 0.739. The molecule has 3 atom stereocenters. The van der Waals surface area contributed by atoms with Crippen LogP contribution in [0.5, 0.6) is 0 Å². The molecule has 5 rings (SSSR count). The summed E-state index contributed by atoms with van der Waals surface area (Å²) in [5, 5.41) is 11.2. The minimum Gasteiger partial charge on any atom is -0.350 e. The number of hydrogen-bond donors (Lipinski definition) is 1. The molecule has 0 radical (unpaired) electrons. The third kappa shape index (κ3) is 5.49. The smallest absolute Gasteiger partial charge is 0.222 e. The lowest BCUT2D eigenvalue weighted by molar-refractivity contribution is -0.141. The minimum absolute atomic E-state index is 0.0588. The van der Waals surface area contributed by atoms with E-state index in [0.717, 1.165) is 64.1 Å². The van der Waals surface area contributed by atoms with Crippen LogP contribution in [0.25, 0.3) is 0 Å². The van der Waals surface area contributed by atoms with Gasteiger partial charge in [0.25, 0.3) is 0 Å². The summed E-state index contributed by atoms with van der Waals surface area (Å²) in [5.74, 6) is 1.36. The topological polar surface area (TPSA) is 83.4 Å². The standard InChI is InChI=1S/C26H36N6O2/c33-25-10-6-9-24-22-13-21(17-30(19-22)16-20-7-2-1-3-8-20)18-31(24)26(34)11-4-5-12-32-23(14-27-25)15-28-29-32/h1-3,7-8,15,21-22,24H,4-6,9-14,16-19H2,(H,27,33)/t21?,22-,24?/m0/s1. The summed E-state index contributed by atoms with van der Waals surface area (Å²) < 4.78 is 1.85. The second-order valence-electron chi connectivity index (χ2n) is 10.2. The van der Waals surface area contributed by atoms with E-state index >= 15 is 0 Å². The summed E-state index contributed by atoms with van der Waals surface area (Å²) >= 11 is 0. The van der Waals surface area contributed by atoms with Gasteiger partial charge in [-0.25, -0.2) is 4.68 Å². The van der Waals surface area contributed by atoms with Crippen molar-refractivity contribution in [2.75, 3.05) is 19.6 Å². The van der Waals surface area contributed by atoms with Crippen molar-refractivity contribution in [3.8, 4) is 0 Å². The molecule has 3 aliphatic rings. The monoisotopic (exact) mass is 464 g/mol. The first kappa shape index (κ1) is 23.0. The number of benzene rings is 1. The molecule has 1 N–H and O–H groups in total.